The number of amides is 1. The average molecular weight is 425 g/mol. The summed E-state index contributed by atoms with van der Waals surface area (Å²) in [5, 5.41) is 5.40. The van der Waals surface area contributed by atoms with E-state index in [0.717, 1.165) is 25.3 Å². The first-order chi connectivity index (χ1) is 14.6. The number of ether oxygens (including phenoxy) is 2. The van der Waals surface area contributed by atoms with E-state index in [-0.39, 0.29) is 24.0 Å². The van der Waals surface area contributed by atoms with E-state index >= 15 is 0 Å². The number of nitrogens with one attached hydrogen (secondary N) is 1. The number of hydrogen-bond donors (Lipinski definition) is 1. The van der Waals surface area contributed by atoms with Crippen LogP contribution in [0.15, 0.2) is 54.0 Å². The van der Waals surface area contributed by atoms with Crippen molar-refractivity contribution in [2.75, 3.05) is 18.4 Å². The number of aromatic nitrogens is 2. The standard InChI is InChI=1S/C22H24N4O3S/c1-15-11-26(12-16(2)28-15)13-17-14-30-22(24-17)25-20(27)19-9-6-10-23-21(19)29-18-7-4-3-5-8-18/h3-10,14-16H,11-13H2,1-2H3,(H,24,25,27). The second kappa shape index (κ2) is 9.34. The SMILES string of the molecule is CC1CN(Cc2csc(NC(=O)c3cccnc3Oc3ccccc3)n2)CC(C)O1. The Morgan fingerprint density at radius 2 is 1.97 bits per heavy atom. The Kier molecular flexibility index (Phi) is 6.37. The average Bonchev–Trinajstić information content (AvgIpc) is 3.15. The summed E-state index contributed by atoms with van der Waals surface area (Å²) in [5.41, 5.74) is 1.29. The maximum absolute atomic E-state index is 12.8. The topological polar surface area (TPSA) is 76.6 Å². The summed E-state index contributed by atoms with van der Waals surface area (Å²) in [6, 6.07) is 12.7. The van der Waals surface area contributed by atoms with Crippen molar-refractivity contribution < 1.29 is 14.3 Å². The summed E-state index contributed by atoms with van der Waals surface area (Å²) in [4.78, 5) is 23.9. The van der Waals surface area contributed by atoms with Crippen molar-refractivity contribution in [2.24, 2.45) is 0 Å². The van der Waals surface area contributed by atoms with E-state index in [2.05, 4.69) is 34.0 Å². The van der Waals surface area contributed by atoms with Gasteiger partial charge in [0.25, 0.3) is 5.91 Å². The Labute approximate surface area is 179 Å². The number of rotatable bonds is 6. The van der Waals surface area contributed by atoms with Crippen LogP contribution in [0.2, 0.25) is 0 Å². The van der Waals surface area contributed by atoms with E-state index in [0.29, 0.717) is 16.4 Å². The molecule has 8 heteroatoms. The van der Waals surface area contributed by atoms with Crippen LogP contribution in [0.4, 0.5) is 5.13 Å². The third-order valence-electron chi connectivity index (χ3n) is 4.63. The molecule has 1 aliphatic rings. The molecule has 156 valence electrons. The molecule has 1 aliphatic heterocycles. The lowest BCUT2D eigenvalue weighted by Crippen LogP contribution is -2.44. The minimum atomic E-state index is -0.302. The Morgan fingerprint density at radius 1 is 1.20 bits per heavy atom. The van der Waals surface area contributed by atoms with Gasteiger partial charge in [0, 0.05) is 31.2 Å². The molecule has 1 amide bonds. The summed E-state index contributed by atoms with van der Waals surface area (Å²) < 4.78 is 11.6. The first-order valence-corrected chi connectivity index (χ1v) is 10.8. The zero-order valence-electron chi connectivity index (χ0n) is 16.9. The Morgan fingerprint density at radius 3 is 2.73 bits per heavy atom. The van der Waals surface area contributed by atoms with Crippen LogP contribution in [0.25, 0.3) is 0 Å². The molecule has 1 N–H and O–H groups in total. The predicted molar refractivity (Wildman–Crippen MR) is 116 cm³/mol. The number of hydrogen-bond acceptors (Lipinski definition) is 7. The van der Waals surface area contributed by atoms with Crippen molar-refractivity contribution in [2.45, 2.75) is 32.6 Å². The molecule has 0 aliphatic carbocycles. The molecule has 4 rings (SSSR count). The van der Waals surface area contributed by atoms with Gasteiger partial charge in [0.15, 0.2) is 5.13 Å². The van der Waals surface area contributed by atoms with E-state index in [1.54, 1.807) is 18.3 Å². The molecule has 7 nitrogen and oxygen atoms in total. The molecule has 30 heavy (non-hydrogen) atoms. The molecule has 3 heterocycles. The molecular weight excluding hydrogens is 400 g/mol. The maximum atomic E-state index is 12.8. The summed E-state index contributed by atoms with van der Waals surface area (Å²) in [6.07, 6.45) is 2.02. The number of thiazole rings is 1. The lowest BCUT2D eigenvalue weighted by Gasteiger charge is -2.34. The number of carbonyl (C=O) groups excluding carboxylic acids is 1. The largest absolute Gasteiger partial charge is 0.438 e. The smallest absolute Gasteiger partial charge is 0.262 e. The van der Waals surface area contributed by atoms with Crippen molar-refractivity contribution in [1.82, 2.24) is 14.9 Å². The summed E-state index contributed by atoms with van der Waals surface area (Å²) in [6.45, 7) is 6.65. The van der Waals surface area contributed by atoms with Gasteiger partial charge in [0.2, 0.25) is 5.88 Å². The highest BCUT2D eigenvalue weighted by Crippen LogP contribution is 2.25. The highest BCUT2D eigenvalue weighted by atomic mass is 32.1. The van der Waals surface area contributed by atoms with Crippen molar-refractivity contribution in [3.8, 4) is 11.6 Å². The van der Waals surface area contributed by atoms with Crippen LogP contribution >= 0.6 is 11.3 Å². The summed E-state index contributed by atoms with van der Waals surface area (Å²) in [5.74, 6) is 0.577. The normalized spacial score (nSPS) is 19.4. The maximum Gasteiger partial charge on any atom is 0.262 e. The van der Waals surface area contributed by atoms with Crippen molar-refractivity contribution in [3.63, 3.8) is 0 Å². The second-order valence-electron chi connectivity index (χ2n) is 7.32. The van der Waals surface area contributed by atoms with E-state index in [4.69, 9.17) is 9.47 Å². The fraction of sp³-hybridized carbons (Fsp3) is 0.318. The summed E-state index contributed by atoms with van der Waals surface area (Å²) in [7, 11) is 0. The molecule has 1 aromatic carbocycles. The van der Waals surface area contributed by atoms with E-state index < -0.39 is 0 Å². The van der Waals surface area contributed by atoms with Crippen LogP contribution in [-0.2, 0) is 11.3 Å². The minimum Gasteiger partial charge on any atom is -0.438 e. The number of benzene rings is 1. The van der Waals surface area contributed by atoms with E-state index in [9.17, 15) is 4.79 Å². The molecule has 2 unspecified atom stereocenters. The molecule has 0 spiro atoms. The Bertz CT molecular complexity index is 985. The third-order valence-corrected chi connectivity index (χ3v) is 5.43. The monoisotopic (exact) mass is 424 g/mol. The number of pyridine rings is 1. The van der Waals surface area contributed by atoms with E-state index in [1.807, 2.05) is 35.7 Å². The van der Waals surface area contributed by atoms with Gasteiger partial charge in [0.05, 0.1) is 17.9 Å². The number of morpholine rings is 1. The Hall–Kier alpha value is -2.81. The zero-order valence-corrected chi connectivity index (χ0v) is 17.8. The summed E-state index contributed by atoms with van der Waals surface area (Å²) >= 11 is 1.41. The van der Waals surface area contributed by atoms with Crippen LogP contribution < -0.4 is 10.1 Å². The van der Waals surface area contributed by atoms with Gasteiger partial charge in [-0.3, -0.25) is 15.0 Å². The van der Waals surface area contributed by atoms with Gasteiger partial charge in [0.1, 0.15) is 11.3 Å². The van der Waals surface area contributed by atoms with Crippen molar-refractivity contribution in [3.05, 3.63) is 65.3 Å². The number of nitrogens with zero attached hydrogens (tertiary/aromatic N) is 3. The second-order valence-corrected chi connectivity index (χ2v) is 8.18. The van der Waals surface area contributed by atoms with Crippen molar-refractivity contribution in [1.29, 1.82) is 0 Å². The van der Waals surface area contributed by atoms with Crippen LogP contribution in [0.1, 0.15) is 29.9 Å². The van der Waals surface area contributed by atoms with Crippen LogP contribution in [0.3, 0.4) is 0 Å². The van der Waals surface area contributed by atoms with Gasteiger partial charge >= 0.3 is 0 Å². The number of para-hydroxylation sites is 1. The van der Waals surface area contributed by atoms with Gasteiger partial charge in [-0.25, -0.2) is 9.97 Å². The lowest BCUT2D eigenvalue weighted by molar-refractivity contribution is -0.0707. The number of carbonyl (C=O) groups is 1. The minimum absolute atomic E-state index is 0.208. The molecule has 0 saturated carbocycles. The van der Waals surface area contributed by atoms with Gasteiger partial charge in [-0.2, -0.15) is 0 Å². The van der Waals surface area contributed by atoms with E-state index in [1.165, 1.54) is 11.3 Å². The first-order valence-electron chi connectivity index (χ1n) is 9.88. The zero-order chi connectivity index (χ0) is 20.9. The molecule has 1 saturated heterocycles. The molecule has 0 radical (unpaired) electrons. The molecular formula is C22H24N4O3S. The molecule has 3 aromatic rings. The number of anilines is 1. The van der Waals surface area contributed by atoms with Crippen LogP contribution in [0, 0.1) is 0 Å². The fourth-order valence-electron chi connectivity index (χ4n) is 3.49. The fourth-order valence-corrected chi connectivity index (χ4v) is 4.19. The van der Waals surface area contributed by atoms with Crippen LogP contribution in [0.5, 0.6) is 11.6 Å². The van der Waals surface area contributed by atoms with Crippen molar-refractivity contribution >= 4 is 22.4 Å². The quantitative estimate of drug-likeness (QED) is 0.639. The van der Waals surface area contributed by atoms with Gasteiger partial charge in [-0.05, 0) is 38.1 Å². The van der Waals surface area contributed by atoms with Gasteiger partial charge in [-0.15, -0.1) is 11.3 Å². The first kappa shape index (κ1) is 20.5. The predicted octanol–water partition coefficient (Wildman–Crippen LogP) is 4.19. The molecule has 2 aromatic heterocycles. The van der Waals surface area contributed by atoms with Crippen LogP contribution in [-0.4, -0.2) is 46.1 Å². The third kappa shape index (κ3) is 5.21. The molecule has 2 atom stereocenters. The highest BCUT2D eigenvalue weighted by Gasteiger charge is 2.23. The molecule has 1 fully saturated rings. The highest BCUT2D eigenvalue weighted by molar-refractivity contribution is 7.14. The van der Waals surface area contributed by atoms with Gasteiger partial charge in [-0.1, -0.05) is 18.2 Å². The molecule has 0 bridgehead atoms. The Balaban J connectivity index is 1.41. The lowest BCUT2D eigenvalue weighted by atomic mass is 10.2. The van der Waals surface area contributed by atoms with Gasteiger partial charge < -0.3 is 9.47 Å².